The molecule has 0 fully saturated rings. The molecular weight excluding hydrogens is 179 g/mol. The average molecular weight is 189 g/mol. The third kappa shape index (κ3) is 2.11. The number of hydrogen-bond acceptors (Lipinski definition) is 1. The van der Waals surface area contributed by atoms with Crippen LogP contribution < -0.4 is 4.74 Å². The molecule has 0 unspecified atom stereocenters. The lowest BCUT2D eigenvalue weighted by Crippen LogP contribution is -1.94. The second-order valence-electron chi connectivity index (χ2n) is 2.33. The molecule has 1 nitrogen and oxygen atoms in total. The van der Waals surface area contributed by atoms with Crippen LogP contribution in [-0.4, -0.2) is 6.61 Å². The van der Waals surface area contributed by atoms with Gasteiger partial charge in [-0.3, -0.25) is 0 Å². The van der Waals surface area contributed by atoms with E-state index in [0.717, 1.165) is 5.56 Å². The standard InChI is InChI=1S/C9H10ClFO/c1-2-12-9-4-3-7(6-10)5-8(9)11/h3-5H,2,6H2,1H3. The first-order chi connectivity index (χ1) is 5.77. The van der Waals surface area contributed by atoms with E-state index in [-0.39, 0.29) is 11.6 Å². The first kappa shape index (κ1) is 9.33. The quantitative estimate of drug-likeness (QED) is 0.663. The van der Waals surface area contributed by atoms with Crippen LogP contribution in [-0.2, 0) is 5.88 Å². The molecule has 0 aliphatic carbocycles. The predicted octanol–water partition coefficient (Wildman–Crippen LogP) is 2.96. The van der Waals surface area contributed by atoms with Gasteiger partial charge in [0.25, 0.3) is 0 Å². The zero-order chi connectivity index (χ0) is 8.97. The number of hydrogen-bond donors (Lipinski definition) is 0. The zero-order valence-electron chi connectivity index (χ0n) is 6.81. The van der Waals surface area contributed by atoms with Crippen molar-refractivity contribution >= 4 is 11.6 Å². The van der Waals surface area contributed by atoms with Crippen LogP contribution in [0.5, 0.6) is 5.75 Å². The van der Waals surface area contributed by atoms with Crippen LogP contribution in [0.15, 0.2) is 18.2 Å². The summed E-state index contributed by atoms with van der Waals surface area (Å²) in [6.07, 6.45) is 0. The average Bonchev–Trinajstić information content (AvgIpc) is 2.09. The number of rotatable bonds is 3. The third-order valence-corrected chi connectivity index (χ3v) is 1.76. The fourth-order valence-corrected chi connectivity index (χ4v) is 1.07. The molecule has 12 heavy (non-hydrogen) atoms. The Kier molecular flexibility index (Phi) is 3.35. The van der Waals surface area contributed by atoms with Crippen molar-refractivity contribution in [3.8, 4) is 5.75 Å². The van der Waals surface area contributed by atoms with Crippen molar-refractivity contribution < 1.29 is 9.13 Å². The van der Waals surface area contributed by atoms with E-state index < -0.39 is 0 Å². The van der Waals surface area contributed by atoms with Crippen LogP contribution in [0.2, 0.25) is 0 Å². The maximum absolute atomic E-state index is 13.0. The van der Waals surface area contributed by atoms with Gasteiger partial charge in [-0.25, -0.2) is 4.39 Å². The normalized spacial score (nSPS) is 9.92. The van der Waals surface area contributed by atoms with Crippen molar-refractivity contribution in [2.24, 2.45) is 0 Å². The van der Waals surface area contributed by atoms with E-state index in [4.69, 9.17) is 16.3 Å². The highest BCUT2D eigenvalue weighted by molar-refractivity contribution is 6.17. The first-order valence-electron chi connectivity index (χ1n) is 3.75. The summed E-state index contributed by atoms with van der Waals surface area (Å²) in [6, 6.07) is 4.73. The number of benzene rings is 1. The molecule has 0 N–H and O–H groups in total. The van der Waals surface area contributed by atoms with Crippen LogP contribution >= 0.6 is 11.6 Å². The number of alkyl halides is 1. The molecule has 1 aromatic carbocycles. The van der Waals surface area contributed by atoms with Crippen LogP contribution in [0.3, 0.4) is 0 Å². The van der Waals surface area contributed by atoms with Crippen molar-refractivity contribution in [3.05, 3.63) is 29.6 Å². The van der Waals surface area contributed by atoms with Crippen LogP contribution in [0.25, 0.3) is 0 Å². The van der Waals surface area contributed by atoms with E-state index in [1.807, 2.05) is 6.92 Å². The summed E-state index contributed by atoms with van der Waals surface area (Å²) in [7, 11) is 0. The summed E-state index contributed by atoms with van der Waals surface area (Å²) in [6.45, 7) is 2.28. The van der Waals surface area contributed by atoms with E-state index in [1.165, 1.54) is 6.07 Å². The largest absolute Gasteiger partial charge is 0.491 e. The molecule has 0 radical (unpaired) electrons. The lowest BCUT2D eigenvalue weighted by atomic mass is 10.2. The van der Waals surface area contributed by atoms with Gasteiger partial charge < -0.3 is 4.74 Å². The lowest BCUT2D eigenvalue weighted by Gasteiger charge is -2.04. The number of halogens is 2. The molecule has 0 amide bonds. The highest BCUT2D eigenvalue weighted by Gasteiger charge is 2.02. The van der Waals surface area contributed by atoms with Gasteiger partial charge in [0.05, 0.1) is 6.61 Å². The number of ether oxygens (including phenoxy) is 1. The Labute approximate surface area is 76.1 Å². The minimum atomic E-state index is -0.352. The SMILES string of the molecule is CCOc1ccc(CCl)cc1F. The predicted molar refractivity (Wildman–Crippen MR) is 47.1 cm³/mol. The zero-order valence-corrected chi connectivity index (χ0v) is 7.57. The van der Waals surface area contributed by atoms with E-state index in [2.05, 4.69) is 0 Å². The molecule has 66 valence electrons. The third-order valence-electron chi connectivity index (χ3n) is 1.45. The summed E-state index contributed by atoms with van der Waals surface area (Å²) in [5, 5.41) is 0. The van der Waals surface area contributed by atoms with Crippen LogP contribution in [0.1, 0.15) is 12.5 Å². The molecule has 1 aromatic rings. The Morgan fingerprint density at radius 1 is 1.50 bits per heavy atom. The Hall–Kier alpha value is -0.760. The van der Waals surface area contributed by atoms with Gasteiger partial charge in [0.1, 0.15) is 0 Å². The highest BCUT2D eigenvalue weighted by atomic mass is 35.5. The van der Waals surface area contributed by atoms with Crippen LogP contribution in [0.4, 0.5) is 4.39 Å². The van der Waals surface area contributed by atoms with Gasteiger partial charge in [-0.15, -0.1) is 11.6 Å². The maximum Gasteiger partial charge on any atom is 0.165 e. The van der Waals surface area contributed by atoms with E-state index in [0.29, 0.717) is 12.5 Å². The van der Waals surface area contributed by atoms with Crippen molar-refractivity contribution in [2.45, 2.75) is 12.8 Å². The Morgan fingerprint density at radius 2 is 2.25 bits per heavy atom. The van der Waals surface area contributed by atoms with Gasteiger partial charge in [0, 0.05) is 5.88 Å². The van der Waals surface area contributed by atoms with E-state index in [9.17, 15) is 4.39 Å². The van der Waals surface area contributed by atoms with Gasteiger partial charge >= 0.3 is 0 Å². The Morgan fingerprint density at radius 3 is 2.75 bits per heavy atom. The molecule has 0 saturated heterocycles. The van der Waals surface area contributed by atoms with E-state index >= 15 is 0 Å². The summed E-state index contributed by atoms with van der Waals surface area (Å²) < 4.78 is 18.1. The summed E-state index contributed by atoms with van der Waals surface area (Å²) in [4.78, 5) is 0. The molecular formula is C9H10ClFO. The van der Waals surface area contributed by atoms with Gasteiger partial charge in [0.2, 0.25) is 0 Å². The Bertz CT molecular complexity index is 263. The van der Waals surface area contributed by atoms with Gasteiger partial charge in [-0.2, -0.15) is 0 Å². The molecule has 0 aliphatic rings. The molecule has 1 rings (SSSR count). The minimum Gasteiger partial charge on any atom is -0.491 e. The van der Waals surface area contributed by atoms with Crippen molar-refractivity contribution in [1.29, 1.82) is 0 Å². The lowest BCUT2D eigenvalue weighted by molar-refractivity contribution is 0.321. The maximum atomic E-state index is 13.0. The molecule has 0 bridgehead atoms. The van der Waals surface area contributed by atoms with Crippen molar-refractivity contribution in [1.82, 2.24) is 0 Å². The molecule has 0 aliphatic heterocycles. The second kappa shape index (κ2) is 4.31. The monoisotopic (exact) mass is 188 g/mol. The second-order valence-corrected chi connectivity index (χ2v) is 2.60. The summed E-state index contributed by atoms with van der Waals surface area (Å²) >= 11 is 5.52. The first-order valence-corrected chi connectivity index (χ1v) is 4.28. The van der Waals surface area contributed by atoms with Crippen LogP contribution in [0, 0.1) is 5.82 Å². The fourth-order valence-electron chi connectivity index (χ4n) is 0.900. The van der Waals surface area contributed by atoms with E-state index in [1.54, 1.807) is 12.1 Å². The smallest absolute Gasteiger partial charge is 0.165 e. The minimum absolute atomic E-state index is 0.284. The highest BCUT2D eigenvalue weighted by Crippen LogP contribution is 2.18. The van der Waals surface area contributed by atoms with Crippen molar-refractivity contribution in [3.63, 3.8) is 0 Å². The topological polar surface area (TPSA) is 9.23 Å². The molecule has 0 spiro atoms. The van der Waals surface area contributed by atoms with Gasteiger partial charge in [-0.05, 0) is 24.6 Å². The van der Waals surface area contributed by atoms with Gasteiger partial charge in [-0.1, -0.05) is 6.07 Å². The molecule has 0 aromatic heterocycles. The summed E-state index contributed by atoms with van der Waals surface area (Å²) in [5.41, 5.74) is 0.762. The Balaban J connectivity index is 2.87. The molecule has 3 heteroatoms. The van der Waals surface area contributed by atoms with Gasteiger partial charge in [0.15, 0.2) is 11.6 Å². The molecule has 0 saturated carbocycles. The molecule has 0 atom stereocenters. The molecule has 0 heterocycles. The van der Waals surface area contributed by atoms with Crippen molar-refractivity contribution in [2.75, 3.05) is 6.61 Å². The fraction of sp³-hybridized carbons (Fsp3) is 0.333. The summed E-state index contributed by atoms with van der Waals surface area (Å²) in [5.74, 6) is 0.255.